The summed E-state index contributed by atoms with van der Waals surface area (Å²) in [6.45, 7) is 7.53. The van der Waals surface area contributed by atoms with Gasteiger partial charge in [0.1, 0.15) is 0 Å². The summed E-state index contributed by atoms with van der Waals surface area (Å²) in [7, 11) is 0. The summed E-state index contributed by atoms with van der Waals surface area (Å²) in [4.78, 5) is 0. The highest BCUT2D eigenvalue weighted by Crippen LogP contribution is 2.22. The van der Waals surface area contributed by atoms with E-state index in [2.05, 4.69) is 11.9 Å². The van der Waals surface area contributed by atoms with Gasteiger partial charge < -0.3 is 5.32 Å². The van der Waals surface area contributed by atoms with E-state index < -0.39 is 12.6 Å². The fraction of sp³-hybridized carbons (Fsp3) is 0.818. The van der Waals surface area contributed by atoms with Crippen LogP contribution in [-0.4, -0.2) is 18.3 Å². The monoisotopic (exact) mass is 223 g/mol. The third-order valence-corrected chi connectivity index (χ3v) is 2.19. The van der Waals surface area contributed by atoms with Gasteiger partial charge in [-0.25, -0.2) is 0 Å². The minimum Gasteiger partial charge on any atom is -0.311 e. The van der Waals surface area contributed by atoms with Crippen LogP contribution in [-0.2, 0) is 0 Å². The van der Waals surface area contributed by atoms with Crippen molar-refractivity contribution >= 4 is 0 Å². The van der Waals surface area contributed by atoms with E-state index in [1.54, 1.807) is 6.08 Å². The lowest BCUT2D eigenvalue weighted by molar-refractivity contribution is -0.135. The minimum absolute atomic E-state index is 0.127. The summed E-state index contributed by atoms with van der Waals surface area (Å²) < 4.78 is 35.6. The molecule has 0 aliphatic carbocycles. The minimum atomic E-state index is -4.02. The molecule has 0 aromatic heterocycles. The summed E-state index contributed by atoms with van der Waals surface area (Å²) in [5.41, 5.74) is 0. The molecule has 1 N–H and O–H groups in total. The zero-order valence-electron chi connectivity index (χ0n) is 9.40. The molecule has 0 amide bonds. The van der Waals surface area contributed by atoms with Gasteiger partial charge in [0.15, 0.2) is 0 Å². The number of nitrogens with one attached hydrogen (secondary N) is 1. The Morgan fingerprint density at radius 1 is 1.27 bits per heavy atom. The van der Waals surface area contributed by atoms with Crippen LogP contribution in [0.3, 0.4) is 0 Å². The molecule has 4 heteroatoms. The highest BCUT2D eigenvalue weighted by molar-refractivity contribution is 4.76. The molecule has 0 saturated heterocycles. The number of hydrogen-bond acceptors (Lipinski definition) is 1. The fourth-order valence-corrected chi connectivity index (χ4v) is 1.50. The van der Waals surface area contributed by atoms with Crippen LogP contribution in [0.2, 0.25) is 0 Å². The summed E-state index contributed by atoms with van der Waals surface area (Å²) >= 11 is 0. The quantitative estimate of drug-likeness (QED) is 0.649. The largest absolute Gasteiger partial charge is 0.389 e. The molecule has 0 aromatic rings. The van der Waals surface area contributed by atoms with Crippen molar-refractivity contribution in [2.45, 2.75) is 57.8 Å². The van der Waals surface area contributed by atoms with Crippen molar-refractivity contribution < 1.29 is 13.2 Å². The van der Waals surface area contributed by atoms with Gasteiger partial charge in [-0.3, -0.25) is 0 Å². The molecule has 2 atom stereocenters. The van der Waals surface area contributed by atoms with E-state index in [1.807, 2.05) is 13.8 Å². The SMILES string of the molecule is C=CCC(C)NC(C)CCCC(F)(F)F. The molecule has 0 radical (unpaired) electrons. The third-order valence-electron chi connectivity index (χ3n) is 2.19. The summed E-state index contributed by atoms with van der Waals surface area (Å²) in [5.74, 6) is 0. The van der Waals surface area contributed by atoms with Crippen LogP contribution in [0.5, 0.6) is 0 Å². The first-order valence-corrected chi connectivity index (χ1v) is 5.29. The van der Waals surface area contributed by atoms with Crippen LogP contribution in [0.1, 0.15) is 39.5 Å². The van der Waals surface area contributed by atoms with Crippen molar-refractivity contribution in [3.05, 3.63) is 12.7 Å². The first-order valence-electron chi connectivity index (χ1n) is 5.29. The number of alkyl halides is 3. The van der Waals surface area contributed by atoms with Crippen molar-refractivity contribution in [2.75, 3.05) is 0 Å². The van der Waals surface area contributed by atoms with Gasteiger partial charge in [0.05, 0.1) is 0 Å². The zero-order chi connectivity index (χ0) is 11.9. The van der Waals surface area contributed by atoms with Crippen molar-refractivity contribution in [1.82, 2.24) is 5.32 Å². The Balaban J connectivity index is 3.57. The number of rotatable bonds is 7. The predicted molar refractivity (Wildman–Crippen MR) is 56.8 cm³/mol. The molecule has 15 heavy (non-hydrogen) atoms. The van der Waals surface area contributed by atoms with Crippen molar-refractivity contribution in [3.63, 3.8) is 0 Å². The molecule has 0 fully saturated rings. The van der Waals surface area contributed by atoms with Crippen molar-refractivity contribution in [3.8, 4) is 0 Å². The third kappa shape index (κ3) is 9.79. The lowest BCUT2D eigenvalue weighted by Gasteiger charge is -2.19. The van der Waals surface area contributed by atoms with E-state index in [9.17, 15) is 13.2 Å². The molecule has 0 aliphatic rings. The molecule has 2 unspecified atom stereocenters. The van der Waals surface area contributed by atoms with Crippen LogP contribution < -0.4 is 5.32 Å². The van der Waals surface area contributed by atoms with E-state index in [0.717, 1.165) is 6.42 Å². The maximum Gasteiger partial charge on any atom is 0.389 e. The van der Waals surface area contributed by atoms with Crippen molar-refractivity contribution in [2.24, 2.45) is 0 Å². The zero-order valence-corrected chi connectivity index (χ0v) is 9.40. The average Bonchev–Trinajstić information content (AvgIpc) is 2.01. The number of halogens is 3. The topological polar surface area (TPSA) is 12.0 Å². The normalized spacial score (nSPS) is 16.1. The molecular formula is C11H20F3N. The average molecular weight is 223 g/mol. The van der Waals surface area contributed by atoms with E-state index in [4.69, 9.17) is 0 Å². The fourth-order valence-electron chi connectivity index (χ4n) is 1.50. The van der Waals surface area contributed by atoms with Crippen LogP contribution >= 0.6 is 0 Å². The highest BCUT2D eigenvalue weighted by atomic mass is 19.4. The van der Waals surface area contributed by atoms with Crippen LogP contribution in [0.25, 0.3) is 0 Å². The Hall–Kier alpha value is -0.510. The van der Waals surface area contributed by atoms with Gasteiger partial charge >= 0.3 is 6.18 Å². The lowest BCUT2D eigenvalue weighted by atomic mass is 10.1. The lowest BCUT2D eigenvalue weighted by Crippen LogP contribution is -2.34. The molecule has 0 spiro atoms. The Labute approximate surface area is 89.7 Å². The van der Waals surface area contributed by atoms with Crippen LogP contribution in [0, 0.1) is 0 Å². The molecule has 0 aromatic carbocycles. The van der Waals surface area contributed by atoms with Crippen LogP contribution in [0.4, 0.5) is 13.2 Å². The Morgan fingerprint density at radius 2 is 1.87 bits per heavy atom. The second-order valence-corrected chi connectivity index (χ2v) is 4.00. The predicted octanol–water partition coefficient (Wildman–Crippen LogP) is 3.66. The molecule has 90 valence electrons. The standard InChI is InChI=1S/C11H20F3N/c1-4-6-9(2)15-10(3)7-5-8-11(12,13)14/h4,9-10,15H,1,5-8H2,2-3H3. The Bertz CT molecular complexity index is 177. The maximum atomic E-state index is 11.9. The molecule has 0 rings (SSSR count). The van der Waals surface area contributed by atoms with Gasteiger partial charge in [-0.15, -0.1) is 6.58 Å². The molecule has 0 bridgehead atoms. The maximum absolute atomic E-state index is 11.9. The summed E-state index contributed by atoms with van der Waals surface area (Å²) in [6.07, 6.45) is -1.31. The Kier molecular flexibility index (Phi) is 6.65. The molecule has 1 nitrogen and oxygen atoms in total. The second kappa shape index (κ2) is 6.88. The smallest absolute Gasteiger partial charge is 0.311 e. The van der Waals surface area contributed by atoms with Crippen LogP contribution in [0.15, 0.2) is 12.7 Å². The van der Waals surface area contributed by atoms with Gasteiger partial charge in [0.25, 0.3) is 0 Å². The molecular weight excluding hydrogens is 203 g/mol. The summed E-state index contributed by atoms with van der Waals surface area (Å²) in [5, 5.41) is 3.23. The van der Waals surface area contributed by atoms with E-state index >= 15 is 0 Å². The Morgan fingerprint density at radius 3 is 2.33 bits per heavy atom. The highest BCUT2D eigenvalue weighted by Gasteiger charge is 2.26. The van der Waals surface area contributed by atoms with E-state index in [1.165, 1.54) is 0 Å². The first-order chi connectivity index (χ1) is 6.85. The van der Waals surface area contributed by atoms with Gasteiger partial charge in [0.2, 0.25) is 0 Å². The van der Waals surface area contributed by atoms with Gasteiger partial charge in [-0.1, -0.05) is 6.08 Å². The molecule has 0 aliphatic heterocycles. The molecule has 0 saturated carbocycles. The number of hydrogen-bond donors (Lipinski definition) is 1. The van der Waals surface area contributed by atoms with Gasteiger partial charge in [-0.05, 0) is 33.1 Å². The summed E-state index contributed by atoms with van der Waals surface area (Å²) in [6, 6.07) is 0.408. The van der Waals surface area contributed by atoms with Gasteiger partial charge in [0, 0.05) is 18.5 Å². The van der Waals surface area contributed by atoms with Gasteiger partial charge in [-0.2, -0.15) is 13.2 Å². The first kappa shape index (κ1) is 14.5. The molecule has 0 heterocycles. The van der Waals surface area contributed by atoms with E-state index in [-0.39, 0.29) is 18.5 Å². The van der Waals surface area contributed by atoms with Crippen molar-refractivity contribution in [1.29, 1.82) is 0 Å². The van der Waals surface area contributed by atoms with E-state index in [0.29, 0.717) is 6.42 Å². The second-order valence-electron chi connectivity index (χ2n) is 4.00.